The van der Waals surface area contributed by atoms with Crippen LogP contribution in [0, 0.1) is 6.92 Å². The van der Waals surface area contributed by atoms with E-state index in [0.717, 1.165) is 11.3 Å². The molecule has 21 heavy (non-hydrogen) atoms. The Bertz CT molecular complexity index is 875. The lowest BCUT2D eigenvalue weighted by atomic mass is 10.2. The molecule has 2 heterocycles. The first-order valence-electron chi connectivity index (χ1n) is 6.42. The summed E-state index contributed by atoms with van der Waals surface area (Å²) < 4.78 is 1.51. The standard InChI is InChI=1S/C15H13N3O3/c1-9-2-3-10(7-16-9)8-18-13-6-11(14(19)20)4-5-12(13)17-15(18)21/h2-7H,8H2,1H3,(H,17,21)(H,19,20). The van der Waals surface area contributed by atoms with Gasteiger partial charge in [0, 0.05) is 11.9 Å². The Kier molecular flexibility index (Phi) is 3.06. The van der Waals surface area contributed by atoms with Crippen molar-refractivity contribution >= 4 is 17.0 Å². The van der Waals surface area contributed by atoms with E-state index in [0.29, 0.717) is 17.6 Å². The first kappa shape index (κ1) is 13.1. The van der Waals surface area contributed by atoms with Crippen LogP contribution in [0.4, 0.5) is 0 Å². The maximum absolute atomic E-state index is 12.0. The van der Waals surface area contributed by atoms with Gasteiger partial charge in [-0.1, -0.05) is 6.07 Å². The zero-order valence-corrected chi connectivity index (χ0v) is 11.3. The number of nitrogens with one attached hydrogen (secondary N) is 1. The number of imidazole rings is 1. The van der Waals surface area contributed by atoms with Gasteiger partial charge in [0.1, 0.15) is 0 Å². The van der Waals surface area contributed by atoms with Crippen molar-refractivity contribution < 1.29 is 9.90 Å². The SMILES string of the molecule is Cc1ccc(Cn2c(=O)[nH]c3ccc(C(=O)O)cc32)cn1. The summed E-state index contributed by atoms with van der Waals surface area (Å²) in [5.74, 6) is -1.02. The smallest absolute Gasteiger partial charge is 0.335 e. The first-order valence-corrected chi connectivity index (χ1v) is 6.42. The third-order valence-electron chi connectivity index (χ3n) is 3.34. The average molecular weight is 283 g/mol. The molecule has 1 aromatic carbocycles. The van der Waals surface area contributed by atoms with Crippen molar-refractivity contribution in [3.8, 4) is 0 Å². The number of aromatic carboxylic acids is 1. The summed E-state index contributed by atoms with van der Waals surface area (Å²) >= 11 is 0. The number of carbonyl (C=O) groups is 1. The Morgan fingerprint density at radius 1 is 1.33 bits per heavy atom. The number of aromatic amines is 1. The number of fused-ring (bicyclic) bond motifs is 1. The van der Waals surface area contributed by atoms with Crippen LogP contribution in [-0.2, 0) is 6.54 Å². The minimum Gasteiger partial charge on any atom is -0.478 e. The number of hydrogen-bond donors (Lipinski definition) is 2. The maximum Gasteiger partial charge on any atom is 0.335 e. The van der Waals surface area contributed by atoms with Crippen LogP contribution in [0.5, 0.6) is 0 Å². The number of rotatable bonds is 3. The van der Waals surface area contributed by atoms with Gasteiger partial charge in [-0.05, 0) is 36.8 Å². The summed E-state index contributed by atoms with van der Waals surface area (Å²) in [4.78, 5) is 30.0. The second-order valence-corrected chi connectivity index (χ2v) is 4.86. The second kappa shape index (κ2) is 4.90. The molecule has 0 atom stereocenters. The number of carboxylic acids is 1. The normalized spacial score (nSPS) is 10.9. The maximum atomic E-state index is 12.0. The molecule has 0 radical (unpaired) electrons. The number of carboxylic acid groups (broad SMARTS) is 1. The number of pyridine rings is 1. The van der Waals surface area contributed by atoms with E-state index in [9.17, 15) is 9.59 Å². The van der Waals surface area contributed by atoms with Gasteiger partial charge in [-0.3, -0.25) is 9.55 Å². The monoisotopic (exact) mass is 283 g/mol. The molecule has 0 saturated carbocycles. The Hall–Kier alpha value is -2.89. The molecule has 0 aliphatic carbocycles. The van der Waals surface area contributed by atoms with Crippen molar-refractivity contribution in [2.24, 2.45) is 0 Å². The highest BCUT2D eigenvalue weighted by atomic mass is 16.4. The average Bonchev–Trinajstić information content (AvgIpc) is 2.77. The first-order chi connectivity index (χ1) is 10.0. The van der Waals surface area contributed by atoms with Gasteiger partial charge < -0.3 is 10.1 Å². The van der Waals surface area contributed by atoms with Crippen LogP contribution in [0.25, 0.3) is 11.0 Å². The second-order valence-electron chi connectivity index (χ2n) is 4.86. The predicted molar refractivity (Wildman–Crippen MR) is 77.6 cm³/mol. The van der Waals surface area contributed by atoms with Crippen molar-refractivity contribution in [2.45, 2.75) is 13.5 Å². The van der Waals surface area contributed by atoms with E-state index in [1.165, 1.54) is 16.7 Å². The molecule has 0 unspecified atom stereocenters. The largest absolute Gasteiger partial charge is 0.478 e. The van der Waals surface area contributed by atoms with Crippen LogP contribution in [0.2, 0.25) is 0 Å². The third-order valence-corrected chi connectivity index (χ3v) is 3.34. The van der Waals surface area contributed by atoms with Crippen LogP contribution >= 0.6 is 0 Å². The Morgan fingerprint density at radius 2 is 2.14 bits per heavy atom. The highest BCUT2D eigenvalue weighted by Crippen LogP contribution is 2.14. The fraction of sp³-hybridized carbons (Fsp3) is 0.133. The molecule has 2 N–H and O–H groups in total. The summed E-state index contributed by atoms with van der Waals surface area (Å²) in [5.41, 5.74) is 2.85. The van der Waals surface area contributed by atoms with Crippen LogP contribution in [0.1, 0.15) is 21.6 Å². The number of hydrogen-bond acceptors (Lipinski definition) is 3. The van der Waals surface area contributed by atoms with Crippen molar-refractivity contribution in [1.82, 2.24) is 14.5 Å². The van der Waals surface area contributed by atoms with Crippen LogP contribution in [0.15, 0.2) is 41.3 Å². The summed E-state index contributed by atoms with van der Waals surface area (Å²) in [6, 6.07) is 8.34. The van der Waals surface area contributed by atoms with Crippen LogP contribution < -0.4 is 5.69 Å². The van der Waals surface area contributed by atoms with E-state index in [1.807, 2.05) is 19.1 Å². The van der Waals surface area contributed by atoms with Gasteiger partial charge in [0.2, 0.25) is 0 Å². The van der Waals surface area contributed by atoms with E-state index in [4.69, 9.17) is 5.11 Å². The van der Waals surface area contributed by atoms with Gasteiger partial charge in [-0.15, -0.1) is 0 Å². The van der Waals surface area contributed by atoms with Crippen molar-refractivity contribution in [1.29, 1.82) is 0 Å². The van der Waals surface area contributed by atoms with Crippen molar-refractivity contribution in [3.05, 3.63) is 63.8 Å². The lowest BCUT2D eigenvalue weighted by Gasteiger charge is -2.04. The highest BCUT2D eigenvalue weighted by Gasteiger charge is 2.11. The number of nitrogens with zero attached hydrogens (tertiary/aromatic N) is 2. The highest BCUT2D eigenvalue weighted by molar-refractivity contribution is 5.92. The molecule has 2 aromatic heterocycles. The van der Waals surface area contributed by atoms with Crippen molar-refractivity contribution in [2.75, 3.05) is 0 Å². The number of aromatic nitrogens is 3. The molecule has 6 nitrogen and oxygen atoms in total. The van der Waals surface area contributed by atoms with Crippen LogP contribution in [0.3, 0.4) is 0 Å². The van der Waals surface area contributed by atoms with E-state index >= 15 is 0 Å². The van der Waals surface area contributed by atoms with Gasteiger partial charge in [0.05, 0.1) is 23.1 Å². The Morgan fingerprint density at radius 3 is 2.81 bits per heavy atom. The lowest BCUT2D eigenvalue weighted by Crippen LogP contribution is -2.17. The zero-order chi connectivity index (χ0) is 15.0. The minimum atomic E-state index is -1.02. The summed E-state index contributed by atoms with van der Waals surface area (Å²) in [7, 11) is 0. The number of H-pyrrole nitrogens is 1. The molecule has 0 aliphatic heterocycles. The van der Waals surface area contributed by atoms with Gasteiger partial charge in [0.25, 0.3) is 0 Å². The molecule has 0 saturated heterocycles. The van der Waals surface area contributed by atoms with Crippen molar-refractivity contribution in [3.63, 3.8) is 0 Å². The molecule has 0 spiro atoms. The minimum absolute atomic E-state index is 0.150. The Balaban J connectivity index is 2.10. The van der Waals surface area contributed by atoms with Gasteiger partial charge >= 0.3 is 11.7 Å². The summed E-state index contributed by atoms with van der Waals surface area (Å²) in [6.45, 7) is 2.23. The molecule has 0 aliphatic rings. The Labute approximate surface area is 119 Å². The summed E-state index contributed by atoms with van der Waals surface area (Å²) in [6.07, 6.45) is 1.71. The van der Waals surface area contributed by atoms with E-state index in [2.05, 4.69) is 9.97 Å². The molecular formula is C15H13N3O3. The van der Waals surface area contributed by atoms with Gasteiger partial charge in [0.15, 0.2) is 0 Å². The molecule has 6 heteroatoms. The molecule has 3 rings (SSSR count). The number of aryl methyl sites for hydroxylation is 1. The molecule has 0 bridgehead atoms. The molecule has 0 fully saturated rings. The quantitative estimate of drug-likeness (QED) is 0.767. The molecule has 3 aromatic rings. The van der Waals surface area contributed by atoms with Crippen LogP contribution in [-0.4, -0.2) is 25.6 Å². The third kappa shape index (κ3) is 2.43. The fourth-order valence-electron chi connectivity index (χ4n) is 2.22. The molecule has 106 valence electrons. The fourth-order valence-corrected chi connectivity index (χ4v) is 2.22. The molecular weight excluding hydrogens is 270 g/mol. The summed E-state index contributed by atoms with van der Waals surface area (Å²) in [5, 5.41) is 9.05. The topological polar surface area (TPSA) is 88.0 Å². The van der Waals surface area contributed by atoms with Gasteiger partial charge in [-0.2, -0.15) is 0 Å². The number of benzene rings is 1. The van der Waals surface area contributed by atoms with E-state index in [1.54, 1.807) is 12.3 Å². The molecule has 0 amide bonds. The lowest BCUT2D eigenvalue weighted by molar-refractivity contribution is 0.0697. The van der Waals surface area contributed by atoms with Gasteiger partial charge in [-0.25, -0.2) is 9.59 Å². The zero-order valence-electron chi connectivity index (χ0n) is 11.3. The van der Waals surface area contributed by atoms with E-state index < -0.39 is 5.97 Å². The van der Waals surface area contributed by atoms with E-state index in [-0.39, 0.29) is 11.3 Å². The predicted octanol–water partition coefficient (Wildman–Crippen LogP) is 1.78.